The van der Waals surface area contributed by atoms with E-state index in [1.807, 2.05) is 21.6 Å². The van der Waals surface area contributed by atoms with Crippen LogP contribution in [-0.4, -0.2) is 5.75 Å². The van der Waals surface area contributed by atoms with Gasteiger partial charge in [0.1, 0.15) is 0 Å². The Hall–Kier alpha value is 1.06. The van der Waals surface area contributed by atoms with Gasteiger partial charge in [-0.25, -0.2) is 0 Å². The molecule has 0 aromatic rings. The van der Waals surface area contributed by atoms with Crippen LogP contribution in [0.2, 0.25) is 0 Å². The maximum absolute atomic E-state index is 2.16. The molecule has 3 heteroatoms. The summed E-state index contributed by atoms with van der Waals surface area (Å²) in [6, 6.07) is 0. The van der Waals surface area contributed by atoms with E-state index in [-0.39, 0.29) is 19.5 Å². The van der Waals surface area contributed by atoms with Crippen molar-refractivity contribution in [2.45, 2.75) is 0 Å². The van der Waals surface area contributed by atoms with E-state index >= 15 is 0 Å². The first-order valence-electron chi connectivity index (χ1n) is 1.43. The summed E-state index contributed by atoms with van der Waals surface area (Å²) >= 11 is 0. The van der Waals surface area contributed by atoms with E-state index in [9.17, 15) is 0 Å². The molecular weight excluding hydrogens is 166 g/mol. The molecule has 0 aromatic heterocycles. The van der Waals surface area contributed by atoms with Crippen molar-refractivity contribution in [3.8, 4) is 0 Å². The minimum absolute atomic E-state index is 0. The smallest absolute Gasteiger partial charge is 0.0854 e. The monoisotopic (exact) mass is 168 g/mol. The summed E-state index contributed by atoms with van der Waals surface area (Å²) in [4.78, 5) is 0. The molecule has 1 aliphatic heterocycles. The fraction of sp³-hybridized carbons (Fsp3) is 0.333. The minimum atomic E-state index is 0. The average Bonchev–Trinajstić information content (AvgIpc) is 1.76. The van der Waals surface area contributed by atoms with Crippen LogP contribution in [0.1, 0.15) is 0 Å². The van der Waals surface area contributed by atoms with Gasteiger partial charge in [-0.1, -0.05) is 27.7 Å². The molecule has 0 nitrogen and oxygen atoms in total. The van der Waals surface area contributed by atoms with Gasteiger partial charge in [0.05, 0.1) is 0 Å². The largest absolute Gasteiger partial charge is 2.00 e. The van der Waals surface area contributed by atoms with Gasteiger partial charge < -0.3 is 0 Å². The third kappa shape index (κ3) is 2.27. The van der Waals surface area contributed by atoms with Crippen molar-refractivity contribution < 1.29 is 19.5 Å². The Morgan fingerprint density at radius 2 is 2.33 bits per heavy atom. The van der Waals surface area contributed by atoms with Gasteiger partial charge in [0.2, 0.25) is 0 Å². The zero-order chi connectivity index (χ0) is 3.54. The number of hydrogen-bond donors (Lipinski definition) is 0. The molecule has 1 rings (SSSR count). The maximum atomic E-state index is 2.16. The standard InChI is InChI=1S/C3H4S2.Zn/c1-2-4-5-3-1;/h1-2H,3H2;/q;+2. The number of rotatable bonds is 0. The molecule has 0 amide bonds. The molecule has 1 aliphatic rings. The first kappa shape index (κ1) is 7.06. The van der Waals surface area contributed by atoms with Gasteiger partial charge in [-0.15, -0.1) is 0 Å². The third-order valence-corrected chi connectivity index (χ3v) is 2.30. The predicted molar refractivity (Wildman–Crippen MR) is 29.2 cm³/mol. The van der Waals surface area contributed by atoms with Crippen LogP contribution in [0.3, 0.4) is 0 Å². The zero-order valence-corrected chi connectivity index (χ0v) is 7.99. The van der Waals surface area contributed by atoms with E-state index < -0.39 is 0 Å². The van der Waals surface area contributed by atoms with Crippen LogP contribution in [0.15, 0.2) is 11.5 Å². The van der Waals surface area contributed by atoms with E-state index in [1.165, 1.54) is 5.75 Å². The van der Waals surface area contributed by atoms with Gasteiger partial charge in [-0.3, -0.25) is 0 Å². The van der Waals surface area contributed by atoms with Crippen LogP contribution in [0, 0.1) is 0 Å². The Labute approximate surface area is 58.3 Å². The topological polar surface area (TPSA) is 0 Å². The molecule has 0 N–H and O–H groups in total. The molecular formula is C3H4S2Zn+2. The van der Waals surface area contributed by atoms with Crippen LogP contribution >= 0.6 is 21.6 Å². The molecule has 0 radical (unpaired) electrons. The van der Waals surface area contributed by atoms with Crippen molar-refractivity contribution in [2.75, 3.05) is 5.75 Å². The molecule has 0 atom stereocenters. The molecule has 0 aromatic carbocycles. The van der Waals surface area contributed by atoms with Gasteiger partial charge >= 0.3 is 19.5 Å². The van der Waals surface area contributed by atoms with E-state index in [0.717, 1.165) is 0 Å². The van der Waals surface area contributed by atoms with Crippen molar-refractivity contribution in [2.24, 2.45) is 0 Å². The Kier molecular flexibility index (Phi) is 4.98. The third-order valence-electron chi connectivity index (χ3n) is 0.384. The summed E-state index contributed by atoms with van der Waals surface area (Å²) in [7, 11) is 3.69. The van der Waals surface area contributed by atoms with Crippen molar-refractivity contribution >= 4 is 21.6 Å². The average molecular weight is 170 g/mol. The molecule has 0 aliphatic carbocycles. The van der Waals surface area contributed by atoms with Crippen LogP contribution < -0.4 is 0 Å². The van der Waals surface area contributed by atoms with Crippen LogP contribution in [0.5, 0.6) is 0 Å². The molecule has 0 unspecified atom stereocenters. The SMILES string of the molecule is C1=CSSC1.[Zn+2]. The normalized spacial score (nSPS) is 17.3. The molecule has 6 heavy (non-hydrogen) atoms. The van der Waals surface area contributed by atoms with E-state index in [1.54, 1.807) is 0 Å². The first-order valence-corrected chi connectivity index (χ1v) is 3.81. The summed E-state index contributed by atoms with van der Waals surface area (Å²) in [6.07, 6.45) is 2.16. The summed E-state index contributed by atoms with van der Waals surface area (Å²) in [5.41, 5.74) is 0. The summed E-state index contributed by atoms with van der Waals surface area (Å²) < 4.78 is 0. The Balaban J connectivity index is 0.000000250. The van der Waals surface area contributed by atoms with Gasteiger partial charge in [-0.2, -0.15) is 0 Å². The van der Waals surface area contributed by atoms with Gasteiger partial charge in [0.15, 0.2) is 0 Å². The van der Waals surface area contributed by atoms with E-state index in [0.29, 0.717) is 0 Å². The van der Waals surface area contributed by atoms with Crippen molar-refractivity contribution in [3.05, 3.63) is 11.5 Å². The molecule has 0 fully saturated rings. The molecule has 1 heterocycles. The first-order chi connectivity index (χ1) is 2.50. The molecule has 0 spiro atoms. The summed E-state index contributed by atoms with van der Waals surface area (Å²) in [6.45, 7) is 0. The predicted octanol–water partition coefficient (Wildman–Crippen LogP) is 1.89. The molecule has 0 saturated heterocycles. The maximum Gasteiger partial charge on any atom is 2.00 e. The van der Waals surface area contributed by atoms with E-state index in [2.05, 4.69) is 11.5 Å². The van der Waals surface area contributed by atoms with Gasteiger partial charge in [0, 0.05) is 5.75 Å². The van der Waals surface area contributed by atoms with Crippen LogP contribution in [0.25, 0.3) is 0 Å². The van der Waals surface area contributed by atoms with Crippen molar-refractivity contribution in [1.29, 1.82) is 0 Å². The second kappa shape index (κ2) is 4.23. The minimum Gasteiger partial charge on any atom is -0.0854 e. The Bertz CT molecular complexity index is 46.8. The zero-order valence-electron chi connectivity index (χ0n) is 3.39. The van der Waals surface area contributed by atoms with Crippen LogP contribution in [-0.2, 0) is 19.5 Å². The second-order valence-electron chi connectivity index (χ2n) is 0.753. The summed E-state index contributed by atoms with van der Waals surface area (Å²) in [5.74, 6) is 1.20. The fourth-order valence-corrected chi connectivity index (χ4v) is 1.77. The van der Waals surface area contributed by atoms with Crippen molar-refractivity contribution in [1.82, 2.24) is 0 Å². The van der Waals surface area contributed by atoms with Crippen molar-refractivity contribution in [3.63, 3.8) is 0 Å². The Morgan fingerprint density at radius 3 is 2.50 bits per heavy atom. The van der Waals surface area contributed by atoms with Crippen LogP contribution in [0.4, 0.5) is 0 Å². The molecule has 0 bridgehead atoms. The second-order valence-corrected chi connectivity index (χ2v) is 3.07. The quantitative estimate of drug-likeness (QED) is 0.401. The van der Waals surface area contributed by atoms with Gasteiger partial charge in [0.25, 0.3) is 0 Å². The van der Waals surface area contributed by atoms with Gasteiger partial charge in [-0.05, 0) is 5.41 Å². The summed E-state index contributed by atoms with van der Waals surface area (Å²) in [5, 5.41) is 2.12. The van der Waals surface area contributed by atoms with E-state index in [4.69, 9.17) is 0 Å². The Morgan fingerprint density at radius 1 is 1.50 bits per heavy atom. The number of hydrogen-bond acceptors (Lipinski definition) is 2. The molecule has 0 saturated carbocycles. The molecule has 28 valence electrons. The fourth-order valence-electron chi connectivity index (χ4n) is 0.196.